The van der Waals surface area contributed by atoms with Gasteiger partial charge in [-0.1, -0.05) is 70.2 Å². The Balaban J connectivity index is 1.59. The fourth-order valence-corrected chi connectivity index (χ4v) is 4.75. The van der Waals surface area contributed by atoms with Crippen molar-refractivity contribution in [3.63, 3.8) is 0 Å². The number of aromatic nitrogens is 3. The quantitative estimate of drug-likeness (QED) is 0.261. The lowest BCUT2D eigenvalue weighted by atomic mass is 9.86. The van der Waals surface area contributed by atoms with Gasteiger partial charge in [-0.05, 0) is 44.0 Å². The van der Waals surface area contributed by atoms with E-state index in [-0.39, 0.29) is 11.5 Å². The number of ether oxygens (including phenoxy) is 1. The second-order valence-corrected chi connectivity index (χ2v) is 10.8. The Morgan fingerprint density at radius 3 is 2.35 bits per heavy atom. The molecule has 0 spiro atoms. The maximum absolute atomic E-state index is 6.04. The number of thiazole rings is 1. The van der Waals surface area contributed by atoms with Crippen molar-refractivity contribution in [1.82, 2.24) is 15.0 Å². The predicted octanol–water partition coefficient (Wildman–Crippen LogP) is 8.05. The average Bonchev–Trinajstić information content (AvgIpc) is 3.30. The third kappa shape index (κ3) is 5.53. The van der Waals surface area contributed by atoms with Gasteiger partial charge >= 0.3 is 0 Å². The number of hydrogen-bond donors (Lipinski definition) is 0. The van der Waals surface area contributed by atoms with Crippen LogP contribution in [0.15, 0.2) is 60.0 Å². The van der Waals surface area contributed by atoms with Crippen molar-refractivity contribution < 1.29 is 4.74 Å². The summed E-state index contributed by atoms with van der Waals surface area (Å²) in [6, 6.07) is 16.3. The minimum absolute atomic E-state index is 0.0140. The molecule has 5 heteroatoms. The number of benzene rings is 2. The highest BCUT2D eigenvalue weighted by Crippen LogP contribution is 2.32. The summed E-state index contributed by atoms with van der Waals surface area (Å²) in [5.74, 6) is 1.04. The number of para-hydroxylation sites is 2. The number of nitrogens with zero attached hydrogens (tertiary/aromatic N) is 3. The summed E-state index contributed by atoms with van der Waals surface area (Å²) < 4.78 is 6.04. The van der Waals surface area contributed by atoms with Crippen molar-refractivity contribution in [2.75, 3.05) is 0 Å². The summed E-state index contributed by atoms with van der Waals surface area (Å²) in [6.07, 6.45) is 5.35. The summed E-state index contributed by atoms with van der Waals surface area (Å²) in [5, 5.41) is 3.41. The van der Waals surface area contributed by atoms with Gasteiger partial charge in [0.2, 0.25) is 5.88 Å². The average molecular weight is 472 g/mol. The van der Waals surface area contributed by atoms with Crippen molar-refractivity contribution in [2.45, 2.75) is 65.4 Å². The van der Waals surface area contributed by atoms with E-state index >= 15 is 0 Å². The minimum Gasteiger partial charge on any atom is -0.473 e. The van der Waals surface area contributed by atoms with Gasteiger partial charge in [-0.15, -0.1) is 11.3 Å². The van der Waals surface area contributed by atoms with Crippen molar-refractivity contribution in [1.29, 1.82) is 0 Å². The monoisotopic (exact) mass is 471 g/mol. The zero-order valence-corrected chi connectivity index (χ0v) is 21.7. The van der Waals surface area contributed by atoms with Crippen LogP contribution in [0.5, 0.6) is 5.88 Å². The van der Waals surface area contributed by atoms with Gasteiger partial charge in [-0.3, -0.25) is 0 Å². The fraction of sp³-hybridized carbons (Fsp3) is 0.345. The summed E-state index contributed by atoms with van der Waals surface area (Å²) in [6.45, 7) is 12.9. The van der Waals surface area contributed by atoms with Crippen LogP contribution in [-0.4, -0.2) is 21.1 Å². The molecule has 4 aromatic rings. The number of hydrogen-bond acceptors (Lipinski definition) is 5. The van der Waals surface area contributed by atoms with Crippen LogP contribution in [0.25, 0.3) is 28.4 Å². The third-order valence-corrected chi connectivity index (χ3v) is 6.84. The molecule has 34 heavy (non-hydrogen) atoms. The standard InChI is InChI=1S/C29H33N3OS/c1-19(2)28-32-25(18-34-28)29(5,6)16-10-12-21-11-9-13-22(17-21)26-27(33-20(3)4)31-24-15-8-7-14-23(24)30-26/h7-15,17-20H,16H2,1-6H3. The Morgan fingerprint density at radius 1 is 0.941 bits per heavy atom. The van der Waals surface area contributed by atoms with Crippen LogP contribution in [0.3, 0.4) is 0 Å². The molecule has 2 aromatic carbocycles. The maximum atomic E-state index is 6.04. The highest BCUT2D eigenvalue weighted by Gasteiger charge is 2.23. The smallest absolute Gasteiger partial charge is 0.241 e. The number of allylic oxidation sites excluding steroid dienone is 1. The van der Waals surface area contributed by atoms with E-state index in [2.05, 4.69) is 69.5 Å². The fourth-order valence-electron chi connectivity index (χ4n) is 3.72. The van der Waals surface area contributed by atoms with E-state index in [1.807, 2.05) is 38.1 Å². The molecule has 0 N–H and O–H groups in total. The van der Waals surface area contributed by atoms with Gasteiger partial charge in [-0.25, -0.2) is 15.0 Å². The molecule has 0 aliphatic carbocycles. The molecule has 0 radical (unpaired) electrons. The van der Waals surface area contributed by atoms with Crippen LogP contribution in [0.1, 0.15) is 70.1 Å². The van der Waals surface area contributed by atoms with E-state index in [4.69, 9.17) is 19.7 Å². The first-order valence-corrected chi connectivity index (χ1v) is 12.8. The van der Waals surface area contributed by atoms with E-state index in [0.29, 0.717) is 11.8 Å². The molecule has 0 saturated heterocycles. The van der Waals surface area contributed by atoms with Crippen LogP contribution in [0, 0.1) is 0 Å². The Labute approximate surface area is 206 Å². The highest BCUT2D eigenvalue weighted by atomic mass is 32.1. The Morgan fingerprint density at radius 2 is 1.68 bits per heavy atom. The highest BCUT2D eigenvalue weighted by molar-refractivity contribution is 7.09. The largest absolute Gasteiger partial charge is 0.473 e. The van der Waals surface area contributed by atoms with Gasteiger partial charge in [0, 0.05) is 22.3 Å². The molecular formula is C29H33N3OS. The lowest BCUT2D eigenvalue weighted by Crippen LogP contribution is -2.16. The summed E-state index contributed by atoms with van der Waals surface area (Å²) in [5.41, 5.74) is 5.74. The van der Waals surface area contributed by atoms with E-state index in [0.717, 1.165) is 34.3 Å². The number of rotatable bonds is 8. The zero-order valence-electron chi connectivity index (χ0n) is 20.9. The topological polar surface area (TPSA) is 47.9 Å². The van der Waals surface area contributed by atoms with Crippen LogP contribution in [-0.2, 0) is 5.41 Å². The molecular weight excluding hydrogens is 438 g/mol. The van der Waals surface area contributed by atoms with Crippen molar-refractivity contribution in [2.24, 2.45) is 0 Å². The molecule has 2 heterocycles. The maximum Gasteiger partial charge on any atom is 0.241 e. The lowest BCUT2D eigenvalue weighted by Gasteiger charge is -2.20. The van der Waals surface area contributed by atoms with Crippen molar-refractivity contribution in [3.05, 3.63) is 76.3 Å². The molecule has 0 aliphatic rings. The second kappa shape index (κ2) is 10.1. The van der Waals surface area contributed by atoms with E-state index in [9.17, 15) is 0 Å². The van der Waals surface area contributed by atoms with Crippen LogP contribution in [0.4, 0.5) is 0 Å². The van der Waals surface area contributed by atoms with Gasteiger partial charge in [0.05, 0.1) is 27.8 Å². The first kappa shape index (κ1) is 24.1. The van der Waals surface area contributed by atoms with Gasteiger partial charge in [0.25, 0.3) is 0 Å². The van der Waals surface area contributed by atoms with E-state index < -0.39 is 0 Å². The molecule has 0 amide bonds. The van der Waals surface area contributed by atoms with Gasteiger partial charge < -0.3 is 4.74 Å². The van der Waals surface area contributed by atoms with Crippen LogP contribution in [0.2, 0.25) is 0 Å². The first-order valence-electron chi connectivity index (χ1n) is 11.9. The molecule has 0 fully saturated rings. The molecule has 0 unspecified atom stereocenters. The van der Waals surface area contributed by atoms with Crippen molar-refractivity contribution >= 4 is 28.4 Å². The summed E-state index contributed by atoms with van der Waals surface area (Å²) in [4.78, 5) is 14.5. The Kier molecular flexibility index (Phi) is 7.13. The van der Waals surface area contributed by atoms with Gasteiger partial charge in [0.1, 0.15) is 5.69 Å². The van der Waals surface area contributed by atoms with Crippen LogP contribution >= 0.6 is 11.3 Å². The predicted molar refractivity (Wildman–Crippen MR) is 144 cm³/mol. The Bertz CT molecular complexity index is 1300. The van der Waals surface area contributed by atoms with Gasteiger partial charge in [-0.2, -0.15) is 0 Å². The Hall–Kier alpha value is -3.05. The first-order chi connectivity index (χ1) is 16.2. The molecule has 0 saturated carbocycles. The zero-order chi connectivity index (χ0) is 24.3. The minimum atomic E-state index is -0.0140. The summed E-state index contributed by atoms with van der Waals surface area (Å²) >= 11 is 1.76. The molecule has 4 nitrogen and oxygen atoms in total. The lowest BCUT2D eigenvalue weighted by molar-refractivity contribution is 0.234. The van der Waals surface area contributed by atoms with Gasteiger partial charge in [0.15, 0.2) is 0 Å². The normalized spacial score (nSPS) is 12.4. The third-order valence-electron chi connectivity index (χ3n) is 5.69. The molecule has 0 bridgehead atoms. The molecule has 2 aromatic heterocycles. The van der Waals surface area contributed by atoms with E-state index in [1.165, 1.54) is 10.7 Å². The molecule has 176 valence electrons. The van der Waals surface area contributed by atoms with E-state index in [1.54, 1.807) is 11.3 Å². The SMILES string of the molecule is CC(C)Oc1nc2ccccc2nc1-c1cccc(C=CCC(C)(C)c2csc(C(C)C)n2)c1. The molecule has 0 atom stereocenters. The molecule has 0 aliphatic heterocycles. The molecule has 4 rings (SSSR count). The second-order valence-electron chi connectivity index (χ2n) is 9.87. The number of fused-ring (bicyclic) bond motifs is 1. The summed E-state index contributed by atoms with van der Waals surface area (Å²) in [7, 11) is 0. The van der Waals surface area contributed by atoms with Crippen LogP contribution < -0.4 is 4.74 Å². The van der Waals surface area contributed by atoms with Crippen molar-refractivity contribution in [3.8, 4) is 17.1 Å².